The van der Waals surface area contributed by atoms with Gasteiger partial charge in [-0.1, -0.05) is 83.9 Å². The molecular formula is C17H34O2. The highest BCUT2D eigenvalue weighted by Crippen LogP contribution is 2.12. The number of methoxy groups -OCH3 is 1. The quantitative estimate of drug-likeness (QED) is 0.302. The van der Waals surface area contributed by atoms with Gasteiger partial charge in [-0.05, 0) is 6.42 Å². The highest BCUT2D eigenvalue weighted by molar-refractivity contribution is 5.68. The highest BCUT2D eigenvalue weighted by Gasteiger charge is 1.99. The minimum atomic E-state index is -1.13. The van der Waals surface area contributed by atoms with Crippen LogP contribution in [0.3, 0.4) is 0 Å². The average Bonchev–Trinajstić information content (AvgIpc) is 2.45. The van der Waals surface area contributed by atoms with E-state index in [1.807, 2.05) is 0 Å². The van der Waals surface area contributed by atoms with E-state index in [9.17, 15) is 4.79 Å². The SMILES string of the molecule is [2H]C([2H])(CCCCCCCCCCC)CCCC(=O)OC. The monoisotopic (exact) mass is 272 g/mol. The molecule has 0 radical (unpaired) electrons. The van der Waals surface area contributed by atoms with Gasteiger partial charge >= 0.3 is 5.97 Å². The van der Waals surface area contributed by atoms with Crippen LogP contribution in [0.4, 0.5) is 0 Å². The zero-order valence-electron chi connectivity index (χ0n) is 15.0. The van der Waals surface area contributed by atoms with Crippen LogP contribution in [0.15, 0.2) is 0 Å². The van der Waals surface area contributed by atoms with E-state index in [0.29, 0.717) is 25.7 Å². The van der Waals surface area contributed by atoms with Gasteiger partial charge in [-0.3, -0.25) is 4.79 Å². The van der Waals surface area contributed by atoms with Crippen molar-refractivity contribution in [3.8, 4) is 0 Å². The van der Waals surface area contributed by atoms with E-state index in [4.69, 9.17) is 2.74 Å². The Balaban J connectivity index is 3.42. The lowest BCUT2D eigenvalue weighted by Crippen LogP contribution is -1.99. The number of hydrogen-bond donors (Lipinski definition) is 0. The van der Waals surface area contributed by atoms with Crippen molar-refractivity contribution in [3.63, 3.8) is 0 Å². The largest absolute Gasteiger partial charge is 0.469 e. The van der Waals surface area contributed by atoms with Gasteiger partial charge in [0.1, 0.15) is 0 Å². The van der Waals surface area contributed by atoms with Gasteiger partial charge < -0.3 is 4.74 Å². The lowest BCUT2D eigenvalue weighted by atomic mass is 10.0. The van der Waals surface area contributed by atoms with Crippen molar-refractivity contribution in [1.29, 1.82) is 0 Å². The zero-order chi connectivity index (χ0) is 16.0. The molecule has 0 aliphatic rings. The lowest BCUT2D eigenvalue weighted by Gasteiger charge is -2.03. The van der Waals surface area contributed by atoms with Crippen molar-refractivity contribution in [2.45, 2.75) is 96.8 Å². The van der Waals surface area contributed by atoms with E-state index in [1.54, 1.807) is 0 Å². The summed E-state index contributed by atoms with van der Waals surface area (Å²) in [5.41, 5.74) is 0. The van der Waals surface area contributed by atoms with Crippen LogP contribution in [0.5, 0.6) is 0 Å². The molecule has 0 saturated heterocycles. The predicted molar refractivity (Wildman–Crippen MR) is 82.3 cm³/mol. The van der Waals surface area contributed by atoms with Gasteiger partial charge in [0, 0.05) is 9.16 Å². The number of ether oxygens (including phenoxy) is 1. The van der Waals surface area contributed by atoms with Crippen molar-refractivity contribution in [1.82, 2.24) is 0 Å². The summed E-state index contributed by atoms with van der Waals surface area (Å²) in [5, 5.41) is 0. The third-order valence-corrected chi connectivity index (χ3v) is 3.42. The Morgan fingerprint density at radius 2 is 1.32 bits per heavy atom. The zero-order valence-corrected chi connectivity index (χ0v) is 13.0. The summed E-state index contributed by atoms with van der Waals surface area (Å²) in [4.78, 5) is 11.0. The first kappa shape index (κ1) is 14.9. The molecule has 114 valence electrons. The summed E-state index contributed by atoms with van der Waals surface area (Å²) >= 11 is 0. The second kappa shape index (κ2) is 15.5. The molecule has 0 rings (SSSR count). The number of unbranched alkanes of at least 4 members (excludes halogenated alkanes) is 8. The fourth-order valence-electron chi connectivity index (χ4n) is 2.15. The maximum absolute atomic E-state index is 11.0. The lowest BCUT2D eigenvalue weighted by molar-refractivity contribution is -0.140. The molecule has 0 N–H and O–H groups in total. The van der Waals surface area contributed by atoms with Crippen LogP contribution >= 0.6 is 0 Å². The van der Waals surface area contributed by atoms with Crippen molar-refractivity contribution in [3.05, 3.63) is 0 Å². The van der Waals surface area contributed by atoms with Crippen LogP contribution in [-0.4, -0.2) is 13.1 Å². The molecule has 0 bridgehead atoms. The first-order valence-corrected chi connectivity index (χ1v) is 8.08. The van der Waals surface area contributed by atoms with Crippen LogP contribution in [-0.2, 0) is 9.53 Å². The minimum absolute atomic E-state index is 0.242. The van der Waals surface area contributed by atoms with E-state index >= 15 is 0 Å². The summed E-state index contributed by atoms with van der Waals surface area (Å²) in [6.45, 7) is 2.24. The fraction of sp³-hybridized carbons (Fsp3) is 0.941. The standard InChI is InChI=1S/C17H34O2/c1-3-4-5-6-7-8-9-10-11-12-13-14-15-16-17(18)19-2/h3-16H2,1-2H3/i13D2. The Labute approximate surface area is 123 Å². The topological polar surface area (TPSA) is 26.3 Å². The molecule has 0 amide bonds. The number of carbonyl (C=O) groups is 1. The Bertz CT molecular complexity index is 255. The number of rotatable bonds is 14. The Kier molecular flexibility index (Phi) is 12.2. The first-order valence-electron chi connectivity index (χ1n) is 9.08. The molecule has 0 aromatic rings. The van der Waals surface area contributed by atoms with Crippen LogP contribution in [0.2, 0.25) is 0 Å². The van der Waals surface area contributed by atoms with Gasteiger partial charge in [-0.15, -0.1) is 0 Å². The van der Waals surface area contributed by atoms with Crippen LogP contribution in [0, 0.1) is 0 Å². The maximum Gasteiger partial charge on any atom is 0.305 e. The third-order valence-electron chi connectivity index (χ3n) is 3.42. The van der Waals surface area contributed by atoms with E-state index in [2.05, 4.69) is 11.7 Å². The third kappa shape index (κ3) is 15.4. The Morgan fingerprint density at radius 3 is 1.84 bits per heavy atom. The molecule has 0 spiro atoms. The molecule has 0 fully saturated rings. The van der Waals surface area contributed by atoms with Crippen molar-refractivity contribution in [2.24, 2.45) is 0 Å². The number of hydrogen-bond acceptors (Lipinski definition) is 2. The van der Waals surface area contributed by atoms with Gasteiger partial charge in [-0.25, -0.2) is 0 Å². The molecule has 0 heterocycles. The summed E-state index contributed by atoms with van der Waals surface area (Å²) < 4.78 is 20.4. The Morgan fingerprint density at radius 1 is 0.842 bits per heavy atom. The Hall–Kier alpha value is -0.530. The molecule has 0 aromatic heterocycles. The van der Waals surface area contributed by atoms with Crippen LogP contribution < -0.4 is 0 Å². The van der Waals surface area contributed by atoms with Crippen molar-refractivity contribution < 1.29 is 12.3 Å². The average molecular weight is 272 g/mol. The van der Waals surface area contributed by atoms with E-state index < -0.39 is 6.37 Å². The molecule has 2 heteroatoms. The number of carbonyl (C=O) groups excluding carboxylic acids is 1. The maximum atomic E-state index is 11.0. The van der Waals surface area contributed by atoms with Gasteiger partial charge in [0.2, 0.25) is 0 Å². The van der Waals surface area contributed by atoms with Gasteiger partial charge in [0.15, 0.2) is 0 Å². The molecule has 0 aliphatic carbocycles. The molecule has 19 heavy (non-hydrogen) atoms. The van der Waals surface area contributed by atoms with Crippen LogP contribution in [0.25, 0.3) is 0 Å². The second-order valence-corrected chi connectivity index (χ2v) is 5.26. The van der Waals surface area contributed by atoms with Gasteiger partial charge in [-0.2, -0.15) is 0 Å². The summed E-state index contributed by atoms with van der Waals surface area (Å²) in [7, 11) is 1.37. The van der Waals surface area contributed by atoms with E-state index in [-0.39, 0.29) is 5.97 Å². The molecule has 0 atom stereocenters. The smallest absolute Gasteiger partial charge is 0.305 e. The first-order chi connectivity index (χ1) is 10.0. The van der Waals surface area contributed by atoms with E-state index in [0.717, 1.165) is 12.8 Å². The van der Waals surface area contributed by atoms with Gasteiger partial charge in [0.25, 0.3) is 0 Å². The van der Waals surface area contributed by atoms with Crippen molar-refractivity contribution >= 4 is 5.97 Å². The fourth-order valence-corrected chi connectivity index (χ4v) is 2.15. The number of esters is 1. The highest BCUT2D eigenvalue weighted by atomic mass is 16.5. The molecule has 0 unspecified atom stereocenters. The van der Waals surface area contributed by atoms with Crippen molar-refractivity contribution in [2.75, 3.05) is 7.11 Å². The normalized spacial score (nSPS) is 12.9. The molecule has 2 nitrogen and oxygen atoms in total. The van der Waals surface area contributed by atoms with Gasteiger partial charge in [0.05, 0.1) is 7.11 Å². The van der Waals surface area contributed by atoms with Crippen LogP contribution in [0.1, 0.15) is 99.5 Å². The van der Waals surface area contributed by atoms with E-state index in [1.165, 1.54) is 52.1 Å². The molecule has 0 aliphatic heterocycles. The summed E-state index contributed by atoms with van der Waals surface area (Å²) in [6, 6.07) is 0. The molecule has 0 aromatic carbocycles. The molecule has 0 saturated carbocycles. The summed E-state index contributed by atoms with van der Waals surface area (Å²) in [5.74, 6) is -0.242. The summed E-state index contributed by atoms with van der Waals surface area (Å²) in [6.07, 6.45) is 12.1. The minimum Gasteiger partial charge on any atom is -0.469 e. The predicted octanol–water partition coefficient (Wildman–Crippen LogP) is 5.64. The second-order valence-electron chi connectivity index (χ2n) is 5.26. The molecular weight excluding hydrogens is 236 g/mol.